The Balaban J connectivity index is 2.43. The van der Waals surface area contributed by atoms with Crippen molar-refractivity contribution in [3.05, 3.63) is 58.6 Å². The molecule has 0 atom stereocenters. The summed E-state index contributed by atoms with van der Waals surface area (Å²) in [5.74, 6) is 0. The van der Waals surface area contributed by atoms with Gasteiger partial charge < -0.3 is 0 Å². The molecule has 0 aromatic heterocycles. The molecule has 0 fully saturated rings. The van der Waals surface area contributed by atoms with Gasteiger partial charge in [-0.05, 0) is 23.3 Å². The fourth-order valence-electron chi connectivity index (χ4n) is 1.69. The summed E-state index contributed by atoms with van der Waals surface area (Å²) in [6, 6.07) is 12.4. The first kappa shape index (κ1) is 13.2. The van der Waals surface area contributed by atoms with Crippen LogP contribution in [0.3, 0.4) is 0 Å². The monoisotopic (exact) mass is 277 g/mol. The van der Waals surface area contributed by atoms with E-state index in [4.69, 9.17) is 0 Å². The van der Waals surface area contributed by atoms with Crippen LogP contribution in [-0.4, -0.2) is 19.6 Å². The lowest BCUT2D eigenvalue weighted by Gasteiger charge is -2.03. The van der Waals surface area contributed by atoms with Crippen molar-refractivity contribution < 1.29 is 13.3 Å². The lowest BCUT2D eigenvalue weighted by Crippen LogP contribution is -1.96. The Bertz CT molecular complexity index is 721. The minimum atomic E-state index is -3.23. The maximum absolute atomic E-state index is 11.3. The van der Waals surface area contributed by atoms with Crippen molar-refractivity contribution in [3.63, 3.8) is 0 Å². The van der Waals surface area contributed by atoms with E-state index in [2.05, 4.69) is 0 Å². The molecule has 0 bridgehead atoms. The van der Waals surface area contributed by atoms with Crippen LogP contribution in [0.15, 0.2) is 53.4 Å². The van der Waals surface area contributed by atoms with E-state index in [9.17, 15) is 18.5 Å². The summed E-state index contributed by atoms with van der Waals surface area (Å²) >= 11 is 0. The molecule has 0 heterocycles. The second-order valence-electron chi connectivity index (χ2n) is 4.10. The van der Waals surface area contributed by atoms with E-state index < -0.39 is 14.8 Å². The average molecular weight is 277 g/mol. The highest BCUT2D eigenvalue weighted by atomic mass is 32.2. The number of hydrogen-bond acceptors (Lipinski definition) is 4. The zero-order valence-electron chi connectivity index (χ0n) is 10.1. The molecule has 0 spiro atoms. The number of nitro groups is 1. The van der Waals surface area contributed by atoms with Crippen molar-refractivity contribution in [3.8, 4) is 11.1 Å². The van der Waals surface area contributed by atoms with Crippen molar-refractivity contribution in [2.75, 3.05) is 6.26 Å². The summed E-state index contributed by atoms with van der Waals surface area (Å²) in [7, 11) is -3.23. The lowest BCUT2D eigenvalue weighted by molar-refractivity contribution is -0.384. The number of nitro benzene ring substituents is 1. The molecule has 2 aromatic rings. The fourth-order valence-corrected chi connectivity index (χ4v) is 2.32. The molecule has 0 aliphatic rings. The van der Waals surface area contributed by atoms with Crippen LogP contribution in [0.2, 0.25) is 0 Å². The zero-order chi connectivity index (χ0) is 14.0. The zero-order valence-corrected chi connectivity index (χ0v) is 10.9. The molecule has 2 aromatic carbocycles. The minimum absolute atomic E-state index is 0.00434. The normalized spacial score (nSPS) is 11.2. The van der Waals surface area contributed by atoms with E-state index >= 15 is 0 Å². The smallest absolute Gasteiger partial charge is 0.258 e. The van der Waals surface area contributed by atoms with Gasteiger partial charge in [0, 0.05) is 18.4 Å². The van der Waals surface area contributed by atoms with Crippen LogP contribution in [0.5, 0.6) is 0 Å². The summed E-state index contributed by atoms with van der Waals surface area (Å²) in [5.41, 5.74) is 1.41. The summed E-state index contributed by atoms with van der Waals surface area (Å²) in [5, 5.41) is 10.7. The third-order valence-electron chi connectivity index (χ3n) is 2.67. The largest absolute Gasteiger partial charge is 0.270 e. The van der Waals surface area contributed by atoms with Crippen LogP contribution in [0.1, 0.15) is 0 Å². The fraction of sp³-hybridized carbons (Fsp3) is 0.0769. The summed E-state index contributed by atoms with van der Waals surface area (Å²) in [6.45, 7) is 0. The molecule has 2 rings (SSSR count). The Kier molecular flexibility index (Phi) is 3.35. The maximum atomic E-state index is 11.3. The molecule has 6 heteroatoms. The Labute approximate surface area is 110 Å². The second kappa shape index (κ2) is 4.81. The Morgan fingerprint density at radius 3 is 2.16 bits per heavy atom. The van der Waals surface area contributed by atoms with Gasteiger partial charge in [0.1, 0.15) is 0 Å². The third kappa shape index (κ3) is 2.97. The molecule has 19 heavy (non-hydrogen) atoms. The van der Waals surface area contributed by atoms with Crippen molar-refractivity contribution in [2.24, 2.45) is 0 Å². The molecular formula is C13H11NO4S. The van der Waals surface area contributed by atoms with Crippen molar-refractivity contribution >= 4 is 15.5 Å². The molecule has 0 unspecified atom stereocenters. The highest BCUT2D eigenvalue weighted by molar-refractivity contribution is 7.90. The minimum Gasteiger partial charge on any atom is -0.258 e. The summed E-state index contributed by atoms with van der Waals surface area (Å²) in [6.07, 6.45) is 1.13. The van der Waals surface area contributed by atoms with Gasteiger partial charge in [-0.3, -0.25) is 10.1 Å². The van der Waals surface area contributed by atoms with Gasteiger partial charge in [-0.15, -0.1) is 0 Å². The molecule has 0 amide bonds. The van der Waals surface area contributed by atoms with E-state index in [1.165, 1.54) is 24.3 Å². The molecule has 0 aliphatic heterocycles. The van der Waals surface area contributed by atoms with Gasteiger partial charge in [0.25, 0.3) is 5.69 Å². The van der Waals surface area contributed by atoms with Gasteiger partial charge >= 0.3 is 0 Å². The molecule has 0 radical (unpaired) electrons. The molecule has 0 saturated heterocycles. The number of non-ortho nitro benzene ring substituents is 1. The summed E-state index contributed by atoms with van der Waals surface area (Å²) < 4.78 is 22.7. The molecule has 0 saturated carbocycles. The van der Waals surface area contributed by atoms with Crippen LogP contribution in [0, 0.1) is 10.1 Å². The highest BCUT2D eigenvalue weighted by Crippen LogP contribution is 2.24. The van der Waals surface area contributed by atoms with E-state index in [0.717, 1.165) is 11.8 Å². The van der Waals surface area contributed by atoms with E-state index in [1.54, 1.807) is 24.3 Å². The summed E-state index contributed by atoms with van der Waals surface area (Å²) in [4.78, 5) is 10.5. The van der Waals surface area contributed by atoms with E-state index in [1.807, 2.05) is 0 Å². The van der Waals surface area contributed by atoms with Crippen LogP contribution in [-0.2, 0) is 9.84 Å². The first-order valence-corrected chi connectivity index (χ1v) is 7.32. The predicted molar refractivity (Wildman–Crippen MR) is 71.6 cm³/mol. The second-order valence-corrected chi connectivity index (χ2v) is 6.12. The van der Waals surface area contributed by atoms with Gasteiger partial charge in [0.2, 0.25) is 0 Å². The number of nitrogens with zero attached hydrogens (tertiary/aromatic N) is 1. The van der Waals surface area contributed by atoms with Crippen LogP contribution < -0.4 is 0 Å². The van der Waals surface area contributed by atoms with Gasteiger partial charge in [-0.25, -0.2) is 8.42 Å². The first-order chi connectivity index (χ1) is 8.88. The van der Waals surface area contributed by atoms with Gasteiger partial charge in [0.15, 0.2) is 9.84 Å². The number of rotatable bonds is 3. The Hall–Kier alpha value is -2.21. The molecular weight excluding hydrogens is 266 g/mol. The molecule has 98 valence electrons. The topological polar surface area (TPSA) is 77.3 Å². The van der Waals surface area contributed by atoms with E-state index in [-0.39, 0.29) is 10.6 Å². The van der Waals surface area contributed by atoms with Crippen LogP contribution in [0.4, 0.5) is 5.69 Å². The lowest BCUT2D eigenvalue weighted by atomic mass is 10.1. The third-order valence-corrected chi connectivity index (χ3v) is 3.80. The molecule has 0 aliphatic carbocycles. The molecule has 0 N–H and O–H groups in total. The van der Waals surface area contributed by atoms with Crippen molar-refractivity contribution in [2.45, 2.75) is 4.90 Å². The van der Waals surface area contributed by atoms with Crippen LogP contribution >= 0.6 is 0 Å². The van der Waals surface area contributed by atoms with Gasteiger partial charge in [-0.2, -0.15) is 0 Å². The first-order valence-electron chi connectivity index (χ1n) is 5.43. The average Bonchev–Trinajstić information content (AvgIpc) is 2.38. The Morgan fingerprint density at radius 1 is 1.00 bits per heavy atom. The van der Waals surface area contributed by atoms with E-state index in [0.29, 0.717) is 5.56 Å². The number of benzene rings is 2. The Morgan fingerprint density at radius 2 is 1.63 bits per heavy atom. The molecule has 5 nitrogen and oxygen atoms in total. The van der Waals surface area contributed by atoms with Gasteiger partial charge in [0.05, 0.1) is 9.82 Å². The number of hydrogen-bond donors (Lipinski definition) is 0. The SMILES string of the molecule is CS(=O)(=O)c1ccc(-c2cccc([N+](=O)[O-])c2)cc1. The van der Waals surface area contributed by atoms with Crippen LogP contribution in [0.25, 0.3) is 11.1 Å². The van der Waals surface area contributed by atoms with Gasteiger partial charge in [-0.1, -0.05) is 24.3 Å². The predicted octanol–water partition coefficient (Wildman–Crippen LogP) is 2.67. The standard InChI is InChI=1S/C13H11NO4S/c1-19(17,18)13-7-5-10(6-8-13)11-3-2-4-12(9-11)14(15)16/h2-9H,1H3. The maximum Gasteiger partial charge on any atom is 0.270 e. The number of sulfone groups is 1. The van der Waals surface area contributed by atoms with Crippen molar-refractivity contribution in [1.82, 2.24) is 0 Å². The van der Waals surface area contributed by atoms with Crippen molar-refractivity contribution in [1.29, 1.82) is 0 Å². The highest BCUT2D eigenvalue weighted by Gasteiger charge is 2.09. The quantitative estimate of drug-likeness (QED) is 0.638.